The number of benzene rings is 1. The summed E-state index contributed by atoms with van der Waals surface area (Å²) in [6.07, 6.45) is 6.56. The Morgan fingerprint density at radius 3 is 2.93 bits per heavy atom. The maximum Gasteiger partial charge on any atom is 0.162 e. The Kier molecular flexibility index (Phi) is 4.13. The van der Waals surface area contributed by atoms with Crippen LogP contribution in [-0.4, -0.2) is 47.0 Å². The summed E-state index contributed by atoms with van der Waals surface area (Å²) in [6.45, 7) is 4.57. The molecule has 0 amide bonds. The second-order valence-corrected chi connectivity index (χ2v) is 8.68. The monoisotopic (exact) mass is 380 g/mol. The predicted molar refractivity (Wildman–Crippen MR) is 111 cm³/mol. The maximum atomic E-state index is 5.63. The van der Waals surface area contributed by atoms with Gasteiger partial charge in [0.1, 0.15) is 5.82 Å². The molecule has 0 spiro atoms. The number of nitrogens with one attached hydrogen (secondary N) is 1. The number of anilines is 1. The summed E-state index contributed by atoms with van der Waals surface area (Å²) >= 11 is 1.92. The van der Waals surface area contributed by atoms with Crippen molar-refractivity contribution in [1.29, 1.82) is 0 Å². The Balaban J connectivity index is 1.67. The van der Waals surface area contributed by atoms with Crippen molar-refractivity contribution in [2.45, 2.75) is 30.6 Å². The molecule has 1 saturated carbocycles. The van der Waals surface area contributed by atoms with Gasteiger partial charge in [0, 0.05) is 35.3 Å². The molecule has 2 fully saturated rings. The highest BCUT2D eigenvalue weighted by atomic mass is 32.2. The molecule has 1 atom stereocenters. The Bertz CT molecular complexity index is 981. The Labute approximate surface area is 163 Å². The Morgan fingerprint density at radius 1 is 1.26 bits per heavy atom. The molecule has 27 heavy (non-hydrogen) atoms. The number of nitrogens with zero attached hydrogens (tertiary/aromatic N) is 3. The minimum Gasteiger partial charge on any atom is -0.377 e. The number of rotatable bonds is 4. The van der Waals surface area contributed by atoms with Crippen LogP contribution in [-0.2, 0) is 9.48 Å². The van der Waals surface area contributed by atoms with E-state index in [4.69, 9.17) is 14.7 Å². The fraction of sp³-hybridized carbons (Fsp3) is 0.429. The fourth-order valence-corrected chi connectivity index (χ4v) is 4.79. The third kappa shape index (κ3) is 2.91. The topological polar surface area (TPSA) is 54.0 Å². The van der Waals surface area contributed by atoms with Crippen LogP contribution in [0.1, 0.15) is 25.5 Å². The molecule has 1 aliphatic carbocycles. The summed E-state index contributed by atoms with van der Waals surface area (Å²) in [6, 6.07) is 10.9. The summed E-state index contributed by atoms with van der Waals surface area (Å²) in [4.78, 5) is 15.7. The van der Waals surface area contributed by atoms with Crippen LogP contribution in [0.25, 0.3) is 22.3 Å². The number of hydrogen-bond donors (Lipinski definition) is 1. The zero-order valence-electron chi connectivity index (χ0n) is 15.7. The predicted octanol–water partition coefficient (Wildman–Crippen LogP) is 4.20. The van der Waals surface area contributed by atoms with Crippen molar-refractivity contribution < 1.29 is 4.74 Å². The minimum absolute atomic E-state index is 0.161. The summed E-state index contributed by atoms with van der Waals surface area (Å²) < 4.78 is 5.79. The Morgan fingerprint density at radius 2 is 2.15 bits per heavy atom. The van der Waals surface area contributed by atoms with Crippen molar-refractivity contribution in [3.63, 3.8) is 0 Å². The molecule has 1 saturated heterocycles. The normalized spacial score (nSPS) is 21.6. The van der Waals surface area contributed by atoms with E-state index < -0.39 is 0 Å². The molecule has 0 unspecified atom stereocenters. The highest BCUT2D eigenvalue weighted by Gasteiger charge is 2.46. The molecular formula is C21H24N4OS. The Hall–Kier alpha value is -2.05. The molecule has 2 aromatic heterocycles. The number of fused-ring (bicyclic) bond motifs is 1. The summed E-state index contributed by atoms with van der Waals surface area (Å²) in [5, 5.41) is 1.17. The van der Waals surface area contributed by atoms with Crippen LogP contribution in [0.4, 0.5) is 5.82 Å². The summed E-state index contributed by atoms with van der Waals surface area (Å²) in [5.41, 5.74) is 3.38. The number of aromatic nitrogens is 3. The molecule has 1 aliphatic heterocycles. The van der Waals surface area contributed by atoms with Gasteiger partial charge in [0.25, 0.3) is 0 Å². The van der Waals surface area contributed by atoms with Crippen molar-refractivity contribution >= 4 is 28.5 Å². The van der Waals surface area contributed by atoms with E-state index in [2.05, 4.69) is 53.4 Å². The van der Waals surface area contributed by atoms with E-state index >= 15 is 0 Å². The second-order valence-electron chi connectivity index (χ2n) is 7.50. The van der Waals surface area contributed by atoms with E-state index in [1.54, 1.807) is 0 Å². The van der Waals surface area contributed by atoms with Crippen molar-refractivity contribution in [2.75, 3.05) is 30.9 Å². The van der Waals surface area contributed by atoms with Gasteiger partial charge in [0.15, 0.2) is 5.82 Å². The lowest BCUT2D eigenvalue weighted by Gasteiger charge is -2.34. The quantitative estimate of drug-likeness (QED) is 0.735. The first-order valence-corrected chi connectivity index (χ1v) is 10.8. The van der Waals surface area contributed by atoms with Gasteiger partial charge in [-0.2, -0.15) is 11.8 Å². The molecule has 3 aromatic rings. The van der Waals surface area contributed by atoms with E-state index in [0.717, 1.165) is 42.5 Å². The lowest BCUT2D eigenvalue weighted by Crippen LogP contribution is -2.44. The molecule has 5 rings (SSSR count). The molecule has 2 aliphatic rings. The first-order chi connectivity index (χ1) is 13.2. The van der Waals surface area contributed by atoms with Gasteiger partial charge in [0.05, 0.1) is 29.7 Å². The highest BCUT2D eigenvalue weighted by molar-refractivity contribution is 7.99. The highest BCUT2D eigenvalue weighted by Crippen LogP contribution is 2.56. The third-order valence-electron chi connectivity index (χ3n) is 5.77. The van der Waals surface area contributed by atoms with E-state index in [-0.39, 0.29) is 4.75 Å². The largest absolute Gasteiger partial charge is 0.377 e. The van der Waals surface area contributed by atoms with Gasteiger partial charge < -0.3 is 14.6 Å². The van der Waals surface area contributed by atoms with Crippen LogP contribution in [0.3, 0.4) is 0 Å². The van der Waals surface area contributed by atoms with Crippen LogP contribution < -0.4 is 4.90 Å². The summed E-state index contributed by atoms with van der Waals surface area (Å²) in [7, 11) is 0. The molecule has 0 bridgehead atoms. The van der Waals surface area contributed by atoms with E-state index in [9.17, 15) is 0 Å². The average molecular weight is 381 g/mol. The van der Waals surface area contributed by atoms with Crippen LogP contribution in [0.2, 0.25) is 0 Å². The van der Waals surface area contributed by atoms with Gasteiger partial charge in [0.2, 0.25) is 0 Å². The standard InChI is InChI=1S/C21H24N4OS/c1-14-13-26-11-10-25(14)19-12-18(21(27-2)7-8-21)23-20(24-19)16-4-3-5-17-15(16)6-9-22-17/h3-6,9,12,14,22H,7-8,10-11,13H2,1-2H3/t14-/m1/s1. The lowest BCUT2D eigenvalue weighted by molar-refractivity contribution is 0.0985. The summed E-state index contributed by atoms with van der Waals surface area (Å²) in [5.74, 6) is 1.85. The number of morpholine rings is 1. The van der Waals surface area contributed by atoms with Crippen molar-refractivity contribution in [1.82, 2.24) is 15.0 Å². The molecule has 6 heteroatoms. The fourth-order valence-electron chi connectivity index (χ4n) is 3.96. The number of hydrogen-bond acceptors (Lipinski definition) is 5. The van der Waals surface area contributed by atoms with Gasteiger partial charge >= 0.3 is 0 Å². The van der Waals surface area contributed by atoms with E-state index in [0.29, 0.717) is 6.04 Å². The molecule has 1 aromatic carbocycles. The molecular weight excluding hydrogens is 356 g/mol. The molecule has 3 heterocycles. The first kappa shape index (κ1) is 17.1. The molecule has 140 valence electrons. The molecule has 1 N–H and O–H groups in total. The number of aromatic amines is 1. The van der Waals surface area contributed by atoms with E-state index in [1.165, 1.54) is 23.9 Å². The number of thioether (sulfide) groups is 1. The van der Waals surface area contributed by atoms with Gasteiger partial charge in [-0.25, -0.2) is 9.97 Å². The lowest BCUT2D eigenvalue weighted by atomic mass is 10.1. The van der Waals surface area contributed by atoms with Gasteiger partial charge in [-0.3, -0.25) is 0 Å². The van der Waals surface area contributed by atoms with Crippen molar-refractivity contribution in [3.8, 4) is 11.4 Å². The molecule has 0 radical (unpaired) electrons. The third-order valence-corrected chi connectivity index (χ3v) is 7.17. The SMILES string of the molecule is CSC1(c2cc(N3CCOC[C@H]3C)nc(-c3cccc4[nH]ccc34)n2)CC1. The van der Waals surface area contributed by atoms with Crippen LogP contribution in [0.15, 0.2) is 36.5 Å². The number of H-pyrrole nitrogens is 1. The second kappa shape index (κ2) is 6.53. The smallest absolute Gasteiger partial charge is 0.162 e. The van der Waals surface area contributed by atoms with Crippen molar-refractivity contribution in [2.24, 2.45) is 0 Å². The van der Waals surface area contributed by atoms with Crippen molar-refractivity contribution in [3.05, 3.63) is 42.2 Å². The first-order valence-electron chi connectivity index (χ1n) is 9.56. The van der Waals surface area contributed by atoms with Crippen LogP contribution in [0, 0.1) is 0 Å². The molecule has 5 nitrogen and oxygen atoms in total. The maximum absolute atomic E-state index is 5.63. The van der Waals surface area contributed by atoms with Gasteiger partial charge in [-0.05, 0) is 38.2 Å². The average Bonchev–Trinajstić information content (AvgIpc) is 3.36. The minimum atomic E-state index is 0.161. The van der Waals surface area contributed by atoms with E-state index in [1.807, 2.05) is 18.0 Å². The van der Waals surface area contributed by atoms with Gasteiger partial charge in [-0.1, -0.05) is 12.1 Å². The van der Waals surface area contributed by atoms with Crippen LogP contribution >= 0.6 is 11.8 Å². The van der Waals surface area contributed by atoms with Crippen LogP contribution in [0.5, 0.6) is 0 Å². The van der Waals surface area contributed by atoms with Gasteiger partial charge in [-0.15, -0.1) is 0 Å². The zero-order chi connectivity index (χ0) is 18.4. The number of ether oxygens (including phenoxy) is 1. The zero-order valence-corrected chi connectivity index (χ0v) is 16.6.